The van der Waals surface area contributed by atoms with Gasteiger partial charge >= 0.3 is 5.97 Å². The van der Waals surface area contributed by atoms with Crippen LogP contribution in [-0.2, 0) is 18.8 Å². The molecule has 0 N–H and O–H groups in total. The zero-order chi connectivity index (χ0) is 27.3. The predicted molar refractivity (Wildman–Crippen MR) is 149 cm³/mol. The number of hydrogen-bond donors (Lipinski definition) is 0. The molecule has 7 heteroatoms. The van der Waals surface area contributed by atoms with Gasteiger partial charge in [-0.15, -0.1) is 0 Å². The lowest BCUT2D eigenvalue weighted by molar-refractivity contribution is -0.145. The number of pyridine rings is 1. The van der Waals surface area contributed by atoms with E-state index in [1.165, 1.54) is 12.1 Å². The summed E-state index contributed by atoms with van der Waals surface area (Å²) < 4.78 is 25.0. The molecule has 0 amide bonds. The van der Waals surface area contributed by atoms with E-state index in [4.69, 9.17) is 14.1 Å². The number of aromatic nitrogens is 1. The topological polar surface area (TPSA) is 65.5 Å². The van der Waals surface area contributed by atoms with Crippen molar-refractivity contribution in [2.45, 2.75) is 70.4 Å². The largest absolute Gasteiger partial charge is 0.466 e. The molecular weight excluding hydrogens is 497 g/mol. The fourth-order valence-corrected chi connectivity index (χ4v) is 4.95. The first-order valence-corrected chi connectivity index (χ1v) is 14.0. The molecule has 1 atom stereocenters. The Morgan fingerprint density at radius 2 is 1.84 bits per heavy atom. The number of para-hydroxylation sites is 1. The maximum Gasteiger partial charge on any atom is 0.313 e. The highest BCUT2D eigenvalue weighted by atomic mass is 28.2. The number of ketones is 1. The summed E-state index contributed by atoms with van der Waals surface area (Å²) in [7, 11) is 0.166. The van der Waals surface area contributed by atoms with Gasteiger partial charge in [-0.3, -0.25) is 14.6 Å². The van der Waals surface area contributed by atoms with E-state index in [-0.39, 0.29) is 45.9 Å². The number of carbonyl (C=O) groups excluding carboxylic acids is 2. The number of carbonyl (C=O) groups is 2. The molecule has 2 radical (unpaired) electrons. The highest BCUT2D eigenvalue weighted by molar-refractivity contribution is 6.31. The van der Waals surface area contributed by atoms with Crippen molar-refractivity contribution in [1.29, 1.82) is 0 Å². The molecule has 1 aromatic heterocycles. The summed E-state index contributed by atoms with van der Waals surface area (Å²) in [5, 5.41) is 0.912. The Labute approximate surface area is 226 Å². The molecule has 1 heterocycles. The fourth-order valence-electron chi connectivity index (χ4n) is 4.28. The van der Waals surface area contributed by atoms with E-state index in [1.807, 2.05) is 36.4 Å². The van der Waals surface area contributed by atoms with Crippen LogP contribution in [-0.4, -0.2) is 39.2 Å². The van der Waals surface area contributed by atoms with Gasteiger partial charge in [-0.05, 0) is 48.6 Å². The highest BCUT2D eigenvalue weighted by Gasteiger charge is 2.30. The number of benzene rings is 2. The first-order valence-electron chi connectivity index (χ1n) is 13.1. The Hall–Kier alpha value is -3.16. The van der Waals surface area contributed by atoms with Crippen LogP contribution in [0.1, 0.15) is 70.6 Å². The van der Waals surface area contributed by atoms with Crippen molar-refractivity contribution in [3.05, 3.63) is 71.7 Å². The van der Waals surface area contributed by atoms with Crippen LogP contribution < -0.4 is 0 Å². The number of esters is 1. The first-order chi connectivity index (χ1) is 18.1. The Bertz CT molecular complexity index is 1330. The zero-order valence-electron chi connectivity index (χ0n) is 22.4. The van der Waals surface area contributed by atoms with Gasteiger partial charge < -0.3 is 9.16 Å². The van der Waals surface area contributed by atoms with Gasteiger partial charge in [0.15, 0.2) is 0 Å². The summed E-state index contributed by atoms with van der Waals surface area (Å²) >= 11 is 0. The molecule has 5 nitrogen and oxygen atoms in total. The van der Waals surface area contributed by atoms with Gasteiger partial charge in [0.1, 0.15) is 18.0 Å². The van der Waals surface area contributed by atoms with Gasteiger partial charge in [0.25, 0.3) is 0 Å². The van der Waals surface area contributed by atoms with Gasteiger partial charge in [0.2, 0.25) is 9.76 Å². The van der Waals surface area contributed by atoms with Crippen molar-refractivity contribution < 1.29 is 23.1 Å². The second kappa shape index (κ2) is 12.1. The molecule has 1 aliphatic carbocycles. The Balaban J connectivity index is 1.75. The molecule has 4 rings (SSSR count). The molecule has 38 heavy (non-hydrogen) atoms. The van der Waals surface area contributed by atoms with Gasteiger partial charge in [0, 0.05) is 28.9 Å². The molecule has 1 aliphatic rings. The molecule has 0 aliphatic heterocycles. The number of Topliss-reactive ketones (excluding diaryl/α,β-unsaturated/α-hetero) is 1. The summed E-state index contributed by atoms with van der Waals surface area (Å²) in [6, 6.07) is 14.5. The number of fused-ring (bicyclic) bond motifs is 1. The van der Waals surface area contributed by atoms with E-state index in [2.05, 4.69) is 20.8 Å². The lowest BCUT2D eigenvalue weighted by Crippen LogP contribution is -2.23. The summed E-state index contributed by atoms with van der Waals surface area (Å²) in [5.74, 6) is -0.676. The zero-order valence-corrected chi connectivity index (χ0v) is 23.4. The summed E-state index contributed by atoms with van der Waals surface area (Å²) in [6.07, 6.45) is 5.34. The van der Waals surface area contributed by atoms with Crippen LogP contribution in [0.4, 0.5) is 4.39 Å². The Morgan fingerprint density at radius 1 is 1.13 bits per heavy atom. The quantitative estimate of drug-likeness (QED) is 0.150. The van der Waals surface area contributed by atoms with E-state index in [0.717, 1.165) is 46.1 Å². The van der Waals surface area contributed by atoms with Crippen LogP contribution in [0.25, 0.3) is 28.1 Å². The second-order valence-electron chi connectivity index (χ2n) is 10.7. The van der Waals surface area contributed by atoms with E-state index < -0.39 is 12.1 Å². The number of halogens is 1. The molecule has 1 fully saturated rings. The minimum Gasteiger partial charge on any atom is -0.466 e. The molecule has 198 valence electrons. The van der Waals surface area contributed by atoms with Crippen molar-refractivity contribution in [2.24, 2.45) is 0 Å². The van der Waals surface area contributed by atoms with Gasteiger partial charge in [-0.1, -0.05) is 63.3 Å². The molecule has 3 aromatic rings. The van der Waals surface area contributed by atoms with Gasteiger partial charge in [0.05, 0.1) is 23.9 Å². The highest BCUT2D eigenvalue weighted by Crippen LogP contribution is 2.45. The van der Waals surface area contributed by atoms with Crippen LogP contribution in [0, 0.1) is 5.82 Å². The van der Waals surface area contributed by atoms with Gasteiger partial charge in [-0.2, -0.15) is 0 Å². The standard InChI is InChI=1S/C31H34FNO4Si/c1-5-36-28(35)19-23(34)18-24(37-38-31(2,3)4)16-17-26-29(20-12-14-22(32)15-13-20)25-8-6-7-9-27(25)33-30(26)21-10-11-21/h6-9,12-17,21,24H,5,10-11,18-19H2,1-4H3/b17-16+/t24-/m1/s1. The van der Waals surface area contributed by atoms with Crippen LogP contribution in [0.15, 0.2) is 54.6 Å². The minimum atomic E-state index is -0.521. The molecule has 0 bridgehead atoms. The smallest absolute Gasteiger partial charge is 0.313 e. The van der Waals surface area contributed by atoms with Crippen molar-refractivity contribution in [3.63, 3.8) is 0 Å². The van der Waals surface area contributed by atoms with E-state index >= 15 is 0 Å². The SMILES string of the molecule is CCOC(=O)CC(=O)C[C@@H](/C=C/c1c(C2CC2)nc2ccccc2c1-c1ccc(F)cc1)O[Si]C(C)(C)C. The molecule has 0 spiro atoms. The molecule has 0 saturated heterocycles. The normalized spacial score (nSPS) is 14.7. The maximum atomic E-state index is 13.8. The second-order valence-corrected chi connectivity index (χ2v) is 12.6. The minimum absolute atomic E-state index is 0.0702. The van der Waals surface area contributed by atoms with E-state index in [9.17, 15) is 14.0 Å². The van der Waals surface area contributed by atoms with Crippen LogP contribution in [0.2, 0.25) is 5.04 Å². The van der Waals surface area contributed by atoms with Gasteiger partial charge in [-0.25, -0.2) is 4.39 Å². The average Bonchev–Trinajstić information content (AvgIpc) is 3.70. The number of nitrogens with zero attached hydrogens (tertiary/aromatic N) is 1. The summed E-state index contributed by atoms with van der Waals surface area (Å²) in [6.45, 7) is 8.20. The van der Waals surface area contributed by atoms with Crippen LogP contribution in [0.3, 0.4) is 0 Å². The maximum absolute atomic E-state index is 13.8. The van der Waals surface area contributed by atoms with Crippen LogP contribution >= 0.6 is 0 Å². The fraction of sp³-hybridized carbons (Fsp3) is 0.387. The summed E-state index contributed by atoms with van der Waals surface area (Å²) in [5.41, 5.74) is 4.76. The third kappa shape index (κ3) is 7.45. The monoisotopic (exact) mass is 531 g/mol. The number of hydrogen-bond acceptors (Lipinski definition) is 5. The lowest BCUT2D eigenvalue weighted by atomic mass is 9.92. The number of ether oxygens (including phenoxy) is 1. The average molecular weight is 532 g/mol. The third-order valence-electron chi connectivity index (χ3n) is 6.13. The lowest BCUT2D eigenvalue weighted by Gasteiger charge is -2.21. The number of rotatable bonds is 11. The molecule has 0 unspecified atom stereocenters. The van der Waals surface area contributed by atoms with Crippen molar-refractivity contribution in [3.8, 4) is 11.1 Å². The molecular formula is C31H34FNO4Si. The van der Waals surface area contributed by atoms with Crippen LogP contribution in [0.5, 0.6) is 0 Å². The Kier molecular flexibility index (Phi) is 8.90. The third-order valence-corrected chi connectivity index (χ3v) is 7.16. The Morgan fingerprint density at radius 3 is 2.50 bits per heavy atom. The predicted octanol–water partition coefficient (Wildman–Crippen LogP) is 7.07. The summed E-state index contributed by atoms with van der Waals surface area (Å²) in [4.78, 5) is 29.6. The molecule has 1 saturated carbocycles. The van der Waals surface area contributed by atoms with Crippen molar-refractivity contribution >= 4 is 38.5 Å². The first kappa shape index (κ1) is 27.9. The van der Waals surface area contributed by atoms with Crippen molar-refractivity contribution in [1.82, 2.24) is 4.98 Å². The van der Waals surface area contributed by atoms with Crippen molar-refractivity contribution in [2.75, 3.05) is 6.61 Å². The molecule has 2 aromatic carbocycles. The van der Waals surface area contributed by atoms with E-state index in [0.29, 0.717) is 5.92 Å². The van der Waals surface area contributed by atoms with E-state index in [1.54, 1.807) is 19.1 Å².